The Hall–Kier alpha value is -2.42. The molecule has 2 aromatic carbocycles. The van der Waals surface area contributed by atoms with Gasteiger partial charge in [-0.25, -0.2) is 8.42 Å². The Bertz CT molecular complexity index is 898. The molecule has 0 fully saturated rings. The summed E-state index contributed by atoms with van der Waals surface area (Å²) in [6, 6.07) is 12.6. The number of carbonyl (C=O) groups excluding carboxylic acids is 2. The zero-order chi connectivity index (χ0) is 19.2. The maximum atomic E-state index is 12.0. The number of aryl methyl sites for hydroxylation is 1. The zero-order valence-electron chi connectivity index (χ0n) is 13.9. The van der Waals surface area contributed by atoms with Gasteiger partial charge in [-0.05, 0) is 37.3 Å². The number of nitrogens with one attached hydrogen (secondary N) is 2. The first-order valence-electron chi connectivity index (χ1n) is 7.54. The molecule has 1 amide bonds. The Balaban J connectivity index is 1.79. The second-order valence-electron chi connectivity index (χ2n) is 5.36. The van der Waals surface area contributed by atoms with Crippen LogP contribution in [-0.2, 0) is 24.3 Å². The standard InChI is InChI=1S/C17H17ClN2O5S/c1-12-5-7-15(8-6-12)26(23,24)19-10-17(22)25-11-16(21)20-14-4-2-3-13(18)9-14/h2-9,19H,10-11H2,1H3,(H,20,21). The molecule has 0 heterocycles. The maximum Gasteiger partial charge on any atom is 0.321 e. The molecule has 2 rings (SSSR count). The topological polar surface area (TPSA) is 102 Å². The van der Waals surface area contributed by atoms with Crippen LogP contribution in [0.3, 0.4) is 0 Å². The highest BCUT2D eigenvalue weighted by Gasteiger charge is 2.16. The Morgan fingerprint density at radius 2 is 1.81 bits per heavy atom. The Kier molecular flexibility index (Phi) is 6.73. The van der Waals surface area contributed by atoms with Crippen molar-refractivity contribution < 1.29 is 22.7 Å². The first kappa shape index (κ1) is 19.9. The van der Waals surface area contributed by atoms with E-state index in [-0.39, 0.29) is 4.90 Å². The van der Waals surface area contributed by atoms with Crippen LogP contribution in [-0.4, -0.2) is 33.4 Å². The average molecular weight is 397 g/mol. The van der Waals surface area contributed by atoms with E-state index in [1.54, 1.807) is 30.3 Å². The monoisotopic (exact) mass is 396 g/mol. The van der Waals surface area contributed by atoms with Gasteiger partial charge in [-0.3, -0.25) is 9.59 Å². The van der Waals surface area contributed by atoms with Gasteiger partial charge in [0.05, 0.1) is 4.90 Å². The van der Waals surface area contributed by atoms with Gasteiger partial charge in [0.2, 0.25) is 10.0 Å². The number of rotatable bonds is 7. The number of esters is 1. The van der Waals surface area contributed by atoms with Crippen molar-refractivity contribution >= 4 is 39.2 Å². The van der Waals surface area contributed by atoms with E-state index in [9.17, 15) is 18.0 Å². The lowest BCUT2D eigenvalue weighted by Crippen LogP contribution is -2.32. The van der Waals surface area contributed by atoms with Crippen molar-refractivity contribution in [1.29, 1.82) is 0 Å². The highest BCUT2D eigenvalue weighted by Crippen LogP contribution is 2.14. The molecule has 0 aliphatic heterocycles. The maximum absolute atomic E-state index is 12.0. The highest BCUT2D eigenvalue weighted by atomic mass is 35.5. The predicted molar refractivity (Wildman–Crippen MR) is 97.4 cm³/mol. The van der Waals surface area contributed by atoms with E-state index < -0.39 is 35.1 Å². The van der Waals surface area contributed by atoms with Gasteiger partial charge in [0.1, 0.15) is 6.54 Å². The molecule has 0 saturated heterocycles. The SMILES string of the molecule is Cc1ccc(S(=O)(=O)NCC(=O)OCC(=O)Nc2cccc(Cl)c2)cc1. The number of hydrogen-bond acceptors (Lipinski definition) is 5. The smallest absolute Gasteiger partial charge is 0.321 e. The molecule has 0 aromatic heterocycles. The first-order chi connectivity index (χ1) is 12.3. The number of carbonyl (C=O) groups is 2. The Labute approximate surface area is 156 Å². The van der Waals surface area contributed by atoms with Crippen LogP contribution in [0.2, 0.25) is 5.02 Å². The molecule has 0 radical (unpaired) electrons. The third-order valence-corrected chi connectivity index (χ3v) is 4.86. The van der Waals surface area contributed by atoms with E-state index in [1.165, 1.54) is 18.2 Å². The van der Waals surface area contributed by atoms with Crippen molar-refractivity contribution in [2.75, 3.05) is 18.5 Å². The number of halogens is 1. The van der Waals surface area contributed by atoms with Gasteiger partial charge in [-0.1, -0.05) is 35.4 Å². The van der Waals surface area contributed by atoms with Gasteiger partial charge in [0.25, 0.3) is 5.91 Å². The molecular weight excluding hydrogens is 380 g/mol. The van der Waals surface area contributed by atoms with E-state index in [4.69, 9.17) is 16.3 Å². The van der Waals surface area contributed by atoms with Crippen molar-refractivity contribution in [2.45, 2.75) is 11.8 Å². The molecule has 2 aromatic rings. The molecule has 26 heavy (non-hydrogen) atoms. The summed E-state index contributed by atoms with van der Waals surface area (Å²) in [7, 11) is -3.83. The van der Waals surface area contributed by atoms with E-state index >= 15 is 0 Å². The fourth-order valence-corrected chi connectivity index (χ4v) is 3.07. The fraction of sp³-hybridized carbons (Fsp3) is 0.176. The van der Waals surface area contributed by atoms with E-state index in [2.05, 4.69) is 10.0 Å². The number of anilines is 1. The molecule has 0 unspecified atom stereocenters. The van der Waals surface area contributed by atoms with Gasteiger partial charge in [0, 0.05) is 10.7 Å². The van der Waals surface area contributed by atoms with Crippen LogP contribution in [0, 0.1) is 6.92 Å². The van der Waals surface area contributed by atoms with Crippen LogP contribution in [0.15, 0.2) is 53.4 Å². The summed E-state index contributed by atoms with van der Waals surface area (Å²) in [6.45, 7) is 0.702. The van der Waals surface area contributed by atoms with Gasteiger partial charge >= 0.3 is 5.97 Å². The third kappa shape index (κ3) is 6.14. The van der Waals surface area contributed by atoms with Crippen molar-refractivity contribution in [3.05, 3.63) is 59.1 Å². The average Bonchev–Trinajstić information content (AvgIpc) is 2.59. The number of ether oxygens (including phenoxy) is 1. The number of amides is 1. The molecule has 0 saturated carbocycles. The van der Waals surface area contributed by atoms with Crippen LogP contribution in [0.4, 0.5) is 5.69 Å². The summed E-state index contributed by atoms with van der Waals surface area (Å²) >= 11 is 5.80. The van der Waals surface area contributed by atoms with Crippen LogP contribution in [0.25, 0.3) is 0 Å². The second-order valence-corrected chi connectivity index (χ2v) is 7.56. The zero-order valence-corrected chi connectivity index (χ0v) is 15.4. The number of hydrogen-bond donors (Lipinski definition) is 2. The van der Waals surface area contributed by atoms with Crippen LogP contribution in [0.5, 0.6) is 0 Å². The fourth-order valence-electron chi connectivity index (χ4n) is 1.92. The second kappa shape index (κ2) is 8.79. The van der Waals surface area contributed by atoms with Crippen molar-refractivity contribution in [3.63, 3.8) is 0 Å². The van der Waals surface area contributed by atoms with Crippen LogP contribution >= 0.6 is 11.6 Å². The minimum absolute atomic E-state index is 0.0367. The van der Waals surface area contributed by atoms with Gasteiger partial charge in [-0.2, -0.15) is 4.72 Å². The minimum Gasteiger partial charge on any atom is -0.455 e. The number of benzene rings is 2. The van der Waals surface area contributed by atoms with E-state index in [1.807, 2.05) is 6.92 Å². The molecule has 0 aliphatic carbocycles. The number of sulfonamides is 1. The molecule has 0 bridgehead atoms. The van der Waals surface area contributed by atoms with Gasteiger partial charge < -0.3 is 10.1 Å². The molecule has 9 heteroatoms. The molecule has 2 N–H and O–H groups in total. The normalized spacial score (nSPS) is 11.0. The van der Waals surface area contributed by atoms with Crippen LogP contribution < -0.4 is 10.0 Å². The Morgan fingerprint density at radius 3 is 2.46 bits per heavy atom. The summed E-state index contributed by atoms with van der Waals surface area (Å²) in [5.74, 6) is -1.44. The quantitative estimate of drug-likeness (QED) is 0.698. The summed E-state index contributed by atoms with van der Waals surface area (Å²) in [5.41, 5.74) is 1.37. The molecule has 0 aliphatic rings. The van der Waals surface area contributed by atoms with E-state index in [0.29, 0.717) is 10.7 Å². The largest absolute Gasteiger partial charge is 0.455 e. The highest BCUT2D eigenvalue weighted by molar-refractivity contribution is 7.89. The molecule has 138 valence electrons. The van der Waals surface area contributed by atoms with Crippen LogP contribution in [0.1, 0.15) is 5.56 Å². The first-order valence-corrected chi connectivity index (χ1v) is 9.40. The summed E-state index contributed by atoms with van der Waals surface area (Å²) in [6.07, 6.45) is 0. The minimum atomic E-state index is -3.83. The lowest BCUT2D eigenvalue weighted by Gasteiger charge is -2.08. The Morgan fingerprint density at radius 1 is 1.12 bits per heavy atom. The van der Waals surface area contributed by atoms with Gasteiger partial charge in [0.15, 0.2) is 6.61 Å². The van der Waals surface area contributed by atoms with Crippen molar-refractivity contribution in [2.24, 2.45) is 0 Å². The summed E-state index contributed by atoms with van der Waals surface area (Å²) in [4.78, 5) is 23.4. The van der Waals surface area contributed by atoms with Crippen molar-refractivity contribution in [3.8, 4) is 0 Å². The summed E-state index contributed by atoms with van der Waals surface area (Å²) in [5, 5.41) is 2.95. The molecule has 7 nitrogen and oxygen atoms in total. The molecular formula is C17H17ClN2O5S. The third-order valence-electron chi connectivity index (χ3n) is 3.21. The molecule has 0 atom stereocenters. The lowest BCUT2D eigenvalue weighted by molar-refractivity contribution is -0.146. The summed E-state index contributed by atoms with van der Waals surface area (Å²) < 4.78 is 31.0. The van der Waals surface area contributed by atoms with Crippen molar-refractivity contribution in [1.82, 2.24) is 4.72 Å². The predicted octanol–water partition coefficient (Wildman–Crippen LogP) is 2.11. The van der Waals surface area contributed by atoms with E-state index in [0.717, 1.165) is 5.56 Å². The lowest BCUT2D eigenvalue weighted by atomic mass is 10.2. The van der Waals surface area contributed by atoms with Gasteiger partial charge in [-0.15, -0.1) is 0 Å². The molecule has 0 spiro atoms.